The largest absolute Gasteiger partial charge is 0.465 e. The summed E-state index contributed by atoms with van der Waals surface area (Å²) in [5, 5.41) is 2.90. The molecule has 1 aromatic heterocycles. The predicted octanol–water partition coefficient (Wildman–Crippen LogP) is 2.91. The van der Waals surface area contributed by atoms with Crippen molar-refractivity contribution in [2.45, 2.75) is 33.7 Å². The fraction of sp³-hybridized carbons (Fsp3) is 0.333. The number of ether oxygens (including phenoxy) is 1. The average Bonchev–Trinajstić information content (AvgIpc) is 2.89. The zero-order valence-electron chi connectivity index (χ0n) is 13.9. The van der Waals surface area contributed by atoms with Crippen LogP contribution in [0, 0.1) is 13.8 Å². The number of hydrogen-bond acceptors (Lipinski definition) is 3. The van der Waals surface area contributed by atoms with E-state index in [1.54, 1.807) is 6.92 Å². The first-order valence-corrected chi connectivity index (χ1v) is 7.62. The Morgan fingerprint density at radius 3 is 2.52 bits per heavy atom. The Morgan fingerprint density at radius 1 is 1.22 bits per heavy atom. The third kappa shape index (κ3) is 3.44. The van der Waals surface area contributed by atoms with E-state index < -0.39 is 5.97 Å². The first kappa shape index (κ1) is 16.8. The van der Waals surface area contributed by atoms with Gasteiger partial charge in [0.2, 0.25) is 0 Å². The minimum atomic E-state index is -0.423. The number of hydrogen-bond donors (Lipinski definition) is 2. The Morgan fingerprint density at radius 2 is 1.91 bits per heavy atom. The summed E-state index contributed by atoms with van der Waals surface area (Å²) in [5.41, 5.74) is 4.40. The van der Waals surface area contributed by atoms with Crippen molar-refractivity contribution in [1.29, 1.82) is 0 Å². The number of carbonyl (C=O) groups excluding carboxylic acids is 2. The van der Waals surface area contributed by atoms with E-state index in [0.29, 0.717) is 29.8 Å². The number of rotatable bonds is 5. The van der Waals surface area contributed by atoms with E-state index in [2.05, 4.69) is 10.3 Å². The van der Waals surface area contributed by atoms with Crippen LogP contribution in [0.2, 0.25) is 0 Å². The minimum absolute atomic E-state index is 0.226. The van der Waals surface area contributed by atoms with Gasteiger partial charge in [-0.1, -0.05) is 31.2 Å². The molecule has 2 rings (SSSR count). The lowest BCUT2D eigenvalue weighted by Crippen LogP contribution is -2.24. The quantitative estimate of drug-likeness (QED) is 0.834. The lowest BCUT2D eigenvalue weighted by Gasteiger charge is -2.07. The summed E-state index contributed by atoms with van der Waals surface area (Å²) < 4.78 is 4.81. The maximum Gasteiger partial charge on any atom is 0.339 e. The molecule has 0 saturated heterocycles. The molecule has 5 heteroatoms. The molecule has 1 amide bonds. The smallest absolute Gasteiger partial charge is 0.339 e. The zero-order chi connectivity index (χ0) is 17.0. The molecule has 0 aliphatic heterocycles. The van der Waals surface area contributed by atoms with Gasteiger partial charge in [0.25, 0.3) is 5.91 Å². The van der Waals surface area contributed by atoms with E-state index in [4.69, 9.17) is 4.74 Å². The van der Waals surface area contributed by atoms with Crippen molar-refractivity contribution in [2.24, 2.45) is 0 Å². The van der Waals surface area contributed by atoms with E-state index in [0.717, 1.165) is 16.8 Å². The van der Waals surface area contributed by atoms with Crippen LogP contribution in [-0.4, -0.2) is 24.0 Å². The number of aromatic amines is 1. The van der Waals surface area contributed by atoms with Crippen LogP contribution in [0.1, 0.15) is 50.2 Å². The lowest BCUT2D eigenvalue weighted by atomic mass is 10.1. The standard InChI is InChI=1S/C18H22N2O3/c1-5-14-15(18(22)23-4)12(3)16(20-14)17(21)19-10-13-9-7-6-8-11(13)2/h6-9,20H,5,10H2,1-4H3,(H,19,21). The molecule has 0 unspecified atom stereocenters. The molecule has 122 valence electrons. The molecular weight excluding hydrogens is 292 g/mol. The van der Waals surface area contributed by atoms with Crippen LogP contribution in [0.15, 0.2) is 24.3 Å². The summed E-state index contributed by atoms with van der Waals surface area (Å²) in [6.45, 7) is 6.13. The molecule has 1 aromatic carbocycles. The fourth-order valence-corrected chi connectivity index (χ4v) is 2.60. The van der Waals surface area contributed by atoms with Crippen molar-refractivity contribution < 1.29 is 14.3 Å². The maximum absolute atomic E-state index is 12.4. The van der Waals surface area contributed by atoms with Crippen molar-refractivity contribution in [3.05, 3.63) is 57.9 Å². The van der Waals surface area contributed by atoms with Crippen molar-refractivity contribution >= 4 is 11.9 Å². The Bertz CT molecular complexity index is 732. The van der Waals surface area contributed by atoms with Gasteiger partial charge >= 0.3 is 5.97 Å². The number of H-pyrrole nitrogens is 1. The van der Waals surface area contributed by atoms with E-state index in [9.17, 15) is 9.59 Å². The normalized spacial score (nSPS) is 10.4. The summed E-state index contributed by atoms with van der Waals surface area (Å²) in [7, 11) is 1.34. The highest BCUT2D eigenvalue weighted by Crippen LogP contribution is 2.20. The topological polar surface area (TPSA) is 71.2 Å². The molecule has 1 heterocycles. The summed E-state index contributed by atoms with van der Waals surface area (Å²) in [5.74, 6) is -0.649. The Labute approximate surface area is 136 Å². The van der Waals surface area contributed by atoms with Gasteiger partial charge in [0.1, 0.15) is 5.69 Å². The summed E-state index contributed by atoms with van der Waals surface area (Å²) in [6.07, 6.45) is 0.621. The monoisotopic (exact) mass is 314 g/mol. The van der Waals surface area contributed by atoms with Gasteiger partial charge in [0, 0.05) is 12.2 Å². The van der Waals surface area contributed by atoms with Crippen LogP contribution >= 0.6 is 0 Å². The van der Waals surface area contributed by atoms with Gasteiger partial charge < -0.3 is 15.0 Å². The molecule has 0 fully saturated rings. The highest BCUT2D eigenvalue weighted by atomic mass is 16.5. The van der Waals surface area contributed by atoms with Crippen LogP contribution in [0.25, 0.3) is 0 Å². The highest BCUT2D eigenvalue weighted by molar-refractivity contribution is 6.00. The average molecular weight is 314 g/mol. The number of methoxy groups -OCH3 is 1. The second kappa shape index (κ2) is 7.13. The van der Waals surface area contributed by atoms with Crippen molar-refractivity contribution in [1.82, 2.24) is 10.3 Å². The van der Waals surface area contributed by atoms with E-state index in [1.807, 2.05) is 38.1 Å². The Balaban J connectivity index is 2.21. The first-order valence-electron chi connectivity index (χ1n) is 7.62. The molecule has 0 aliphatic rings. The van der Waals surface area contributed by atoms with Gasteiger partial charge in [0.05, 0.1) is 12.7 Å². The number of aryl methyl sites for hydroxylation is 2. The fourth-order valence-electron chi connectivity index (χ4n) is 2.60. The number of amides is 1. The molecule has 0 atom stereocenters. The number of carbonyl (C=O) groups is 2. The van der Waals surface area contributed by atoms with Crippen molar-refractivity contribution in [3.63, 3.8) is 0 Å². The molecule has 0 radical (unpaired) electrons. The number of nitrogens with one attached hydrogen (secondary N) is 2. The highest BCUT2D eigenvalue weighted by Gasteiger charge is 2.23. The molecule has 0 aliphatic carbocycles. The first-order chi connectivity index (χ1) is 11.0. The van der Waals surface area contributed by atoms with Crippen LogP contribution in [0.5, 0.6) is 0 Å². The van der Waals surface area contributed by atoms with Crippen molar-refractivity contribution in [2.75, 3.05) is 7.11 Å². The Hall–Kier alpha value is -2.56. The van der Waals surface area contributed by atoms with Gasteiger partial charge in [0.15, 0.2) is 0 Å². The van der Waals surface area contributed by atoms with E-state index >= 15 is 0 Å². The predicted molar refractivity (Wildman–Crippen MR) is 88.6 cm³/mol. The van der Waals surface area contributed by atoms with E-state index in [-0.39, 0.29) is 5.91 Å². The molecule has 2 N–H and O–H groups in total. The zero-order valence-corrected chi connectivity index (χ0v) is 13.9. The summed E-state index contributed by atoms with van der Waals surface area (Å²) in [6, 6.07) is 7.89. The molecule has 0 saturated carbocycles. The summed E-state index contributed by atoms with van der Waals surface area (Å²) >= 11 is 0. The van der Waals surface area contributed by atoms with Gasteiger partial charge in [-0.3, -0.25) is 4.79 Å². The van der Waals surface area contributed by atoms with Crippen LogP contribution in [0.3, 0.4) is 0 Å². The third-order valence-electron chi connectivity index (χ3n) is 4.00. The van der Waals surface area contributed by atoms with Gasteiger partial charge in [-0.05, 0) is 37.0 Å². The van der Waals surface area contributed by atoms with Gasteiger partial charge in [-0.2, -0.15) is 0 Å². The molecule has 2 aromatic rings. The van der Waals surface area contributed by atoms with Gasteiger partial charge in [-0.25, -0.2) is 4.79 Å². The van der Waals surface area contributed by atoms with Crippen molar-refractivity contribution in [3.8, 4) is 0 Å². The SMILES string of the molecule is CCc1[nH]c(C(=O)NCc2ccccc2C)c(C)c1C(=O)OC. The summed E-state index contributed by atoms with van der Waals surface area (Å²) in [4.78, 5) is 27.4. The second-order valence-corrected chi connectivity index (χ2v) is 5.43. The Kier molecular flexibility index (Phi) is 5.21. The number of aromatic nitrogens is 1. The molecular formula is C18H22N2O3. The second-order valence-electron chi connectivity index (χ2n) is 5.43. The van der Waals surface area contributed by atoms with Crippen LogP contribution < -0.4 is 5.32 Å². The maximum atomic E-state index is 12.4. The molecule has 23 heavy (non-hydrogen) atoms. The van der Waals surface area contributed by atoms with Crippen LogP contribution in [-0.2, 0) is 17.7 Å². The third-order valence-corrected chi connectivity index (χ3v) is 4.00. The molecule has 0 spiro atoms. The minimum Gasteiger partial charge on any atom is -0.465 e. The van der Waals surface area contributed by atoms with Crippen LogP contribution in [0.4, 0.5) is 0 Å². The lowest BCUT2D eigenvalue weighted by molar-refractivity contribution is 0.0599. The van der Waals surface area contributed by atoms with E-state index in [1.165, 1.54) is 7.11 Å². The molecule has 5 nitrogen and oxygen atoms in total. The van der Waals surface area contributed by atoms with Gasteiger partial charge in [-0.15, -0.1) is 0 Å². The number of benzene rings is 1. The molecule has 0 bridgehead atoms. The number of esters is 1.